The largest absolute Gasteiger partial charge is 0.466 e. The van der Waals surface area contributed by atoms with Gasteiger partial charge in [0.15, 0.2) is 0 Å². The molecule has 63 heavy (non-hydrogen) atoms. The number of carbonyl (C=O) groups is 2. The van der Waals surface area contributed by atoms with Crippen LogP contribution >= 0.6 is 0 Å². The summed E-state index contributed by atoms with van der Waals surface area (Å²) in [5, 5.41) is 23.1. The lowest BCUT2D eigenvalue weighted by molar-refractivity contribution is -0.143. The molecule has 2 atom stereocenters. The highest BCUT2D eigenvalue weighted by Gasteiger charge is 2.18. The van der Waals surface area contributed by atoms with Crippen LogP contribution in [0.5, 0.6) is 0 Å². The van der Waals surface area contributed by atoms with Crippen molar-refractivity contribution in [1.82, 2.24) is 5.32 Å². The monoisotopic (exact) mass is 890 g/mol. The van der Waals surface area contributed by atoms with Gasteiger partial charge in [-0.2, -0.15) is 0 Å². The second-order valence-electron chi connectivity index (χ2n) is 19.6. The van der Waals surface area contributed by atoms with Gasteiger partial charge in [0, 0.05) is 12.8 Å². The molecule has 0 saturated heterocycles. The molecule has 6 heteroatoms. The van der Waals surface area contributed by atoms with Crippen LogP contribution in [0.25, 0.3) is 0 Å². The van der Waals surface area contributed by atoms with Crippen LogP contribution in [-0.4, -0.2) is 47.4 Å². The van der Waals surface area contributed by atoms with Crippen molar-refractivity contribution >= 4 is 11.9 Å². The Morgan fingerprint density at radius 1 is 0.429 bits per heavy atom. The summed E-state index contributed by atoms with van der Waals surface area (Å²) in [5.74, 6) is -0.0557. The molecule has 0 aliphatic heterocycles. The Balaban J connectivity index is 3.39. The Labute approximate surface area is 393 Å². The van der Waals surface area contributed by atoms with Gasteiger partial charge in [-0.15, -0.1) is 0 Å². The van der Waals surface area contributed by atoms with Crippen molar-refractivity contribution in [1.29, 1.82) is 0 Å². The maximum atomic E-state index is 12.4. The summed E-state index contributed by atoms with van der Waals surface area (Å²) in [5.41, 5.74) is 0. The first kappa shape index (κ1) is 61.6. The van der Waals surface area contributed by atoms with Crippen molar-refractivity contribution in [2.45, 2.75) is 328 Å². The van der Waals surface area contributed by atoms with Gasteiger partial charge in [0.25, 0.3) is 0 Å². The van der Waals surface area contributed by atoms with E-state index in [2.05, 4.69) is 19.2 Å². The first-order valence-corrected chi connectivity index (χ1v) is 28.5. The van der Waals surface area contributed by atoms with Crippen LogP contribution in [0.1, 0.15) is 316 Å². The van der Waals surface area contributed by atoms with Crippen LogP contribution in [0.15, 0.2) is 12.2 Å². The van der Waals surface area contributed by atoms with Gasteiger partial charge >= 0.3 is 5.97 Å². The number of aliphatic hydroxyl groups is 2. The third-order valence-electron chi connectivity index (χ3n) is 13.3. The van der Waals surface area contributed by atoms with Crippen molar-refractivity contribution in [2.75, 3.05) is 13.2 Å². The van der Waals surface area contributed by atoms with E-state index < -0.39 is 12.1 Å². The summed E-state index contributed by atoms with van der Waals surface area (Å²) in [6, 6.07) is -0.626. The Bertz CT molecular complexity index is 939. The van der Waals surface area contributed by atoms with Crippen LogP contribution < -0.4 is 5.32 Å². The van der Waals surface area contributed by atoms with Crippen LogP contribution in [0.2, 0.25) is 0 Å². The summed E-state index contributed by atoms with van der Waals surface area (Å²) < 4.78 is 5.47. The molecule has 0 aliphatic carbocycles. The predicted molar refractivity (Wildman–Crippen MR) is 273 cm³/mol. The molecule has 0 radical (unpaired) electrons. The van der Waals surface area contributed by atoms with E-state index in [0.29, 0.717) is 19.4 Å². The molecule has 0 spiro atoms. The summed E-state index contributed by atoms with van der Waals surface area (Å²) in [7, 11) is 0. The molecule has 3 N–H and O–H groups in total. The molecule has 0 fully saturated rings. The van der Waals surface area contributed by atoms with Crippen molar-refractivity contribution in [3.05, 3.63) is 12.2 Å². The highest BCUT2D eigenvalue weighted by Crippen LogP contribution is 2.17. The second kappa shape index (κ2) is 53.2. The minimum Gasteiger partial charge on any atom is -0.466 e. The van der Waals surface area contributed by atoms with E-state index in [4.69, 9.17) is 4.74 Å². The molecular formula is C57H111NO5. The molecule has 0 aromatic heterocycles. The first-order valence-electron chi connectivity index (χ1n) is 28.5. The molecular weight excluding hydrogens is 779 g/mol. The maximum absolute atomic E-state index is 12.4. The summed E-state index contributed by atoms with van der Waals surface area (Å²) in [6.45, 7) is 4.91. The normalized spacial score (nSPS) is 12.6. The molecule has 1 amide bonds. The molecule has 0 saturated carbocycles. The number of rotatable bonds is 53. The lowest BCUT2D eigenvalue weighted by Gasteiger charge is -2.20. The van der Waals surface area contributed by atoms with Gasteiger partial charge in [-0.25, -0.2) is 0 Å². The second-order valence-corrected chi connectivity index (χ2v) is 19.6. The number of amides is 1. The molecule has 0 aliphatic rings. The van der Waals surface area contributed by atoms with Crippen molar-refractivity contribution in [3.63, 3.8) is 0 Å². The molecule has 0 aromatic carbocycles. The van der Waals surface area contributed by atoms with Crippen molar-refractivity contribution in [3.8, 4) is 0 Å². The highest BCUT2D eigenvalue weighted by molar-refractivity contribution is 5.76. The SMILES string of the molecule is CCCCCCCCCCCCC/C=C/C(O)C(CO)NC(=O)CCCCCCCCCCCCCCCCCCCCCCCOC(=O)CCCCCCCCCCCCCC. The number of hydrogen-bond donors (Lipinski definition) is 3. The quantitative estimate of drug-likeness (QED) is 0.0321. The number of ether oxygens (including phenoxy) is 1. The molecule has 0 aromatic rings. The summed E-state index contributed by atoms with van der Waals surface area (Å²) in [4.78, 5) is 24.4. The van der Waals surface area contributed by atoms with E-state index in [0.717, 1.165) is 38.5 Å². The zero-order valence-electron chi connectivity index (χ0n) is 42.6. The van der Waals surface area contributed by atoms with Gasteiger partial charge < -0.3 is 20.3 Å². The van der Waals surface area contributed by atoms with E-state index in [9.17, 15) is 19.8 Å². The molecule has 6 nitrogen and oxygen atoms in total. The van der Waals surface area contributed by atoms with Crippen LogP contribution in [0.4, 0.5) is 0 Å². The standard InChI is InChI=1S/C57H111NO5/c1-3-5-7-9-11-13-15-26-29-33-37-41-45-49-55(60)54(53-59)58-56(61)50-46-42-38-34-30-27-24-22-20-18-17-19-21-23-25-28-32-36-40-44-48-52-63-57(62)51-47-43-39-35-31-16-14-12-10-8-6-4-2/h45,49,54-55,59-60H,3-44,46-48,50-53H2,1-2H3,(H,58,61)/b49-45+. The number of hydrogen-bond acceptors (Lipinski definition) is 5. The van der Waals surface area contributed by atoms with Gasteiger partial charge in [0.1, 0.15) is 0 Å². The number of aliphatic hydroxyl groups excluding tert-OH is 2. The van der Waals surface area contributed by atoms with E-state index in [1.165, 1.54) is 250 Å². The van der Waals surface area contributed by atoms with Gasteiger partial charge in [-0.3, -0.25) is 9.59 Å². The Hall–Kier alpha value is -1.40. The fraction of sp³-hybridized carbons (Fsp3) is 0.930. The lowest BCUT2D eigenvalue weighted by atomic mass is 10.0. The van der Waals surface area contributed by atoms with Gasteiger partial charge in [0.2, 0.25) is 5.91 Å². The molecule has 2 unspecified atom stereocenters. The van der Waals surface area contributed by atoms with Crippen LogP contribution in [0.3, 0.4) is 0 Å². The number of nitrogens with one attached hydrogen (secondary N) is 1. The van der Waals surface area contributed by atoms with Crippen molar-refractivity contribution < 1.29 is 24.5 Å². The smallest absolute Gasteiger partial charge is 0.305 e. The number of unbranched alkanes of at least 4 members (excludes halogenated alkanes) is 42. The maximum Gasteiger partial charge on any atom is 0.305 e. The van der Waals surface area contributed by atoms with Gasteiger partial charge in [-0.05, 0) is 32.1 Å². The predicted octanol–water partition coefficient (Wildman–Crippen LogP) is 17.3. The van der Waals surface area contributed by atoms with Gasteiger partial charge in [-0.1, -0.05) is 283 Å². The Morgan fingerprint density at radius 2 is 0.730 bits per heavy atom. The molecule has 374 valence electrons. The Kier molecular flexibility index (Phi) is 52.0. The zero-order valence-corrected chi connectivity index (χ0v) is 42.6. The Morgan fingerprint density at radius 3 is 1.08 bits per heavy atom. The van der Waals surface area contributed by atoms with E-state index in [1.54, 1.807) is 6.08 Å². The first-order chi connectivity index (χ1) is 31.0. The summed E-state index contributed by atoms with van der Waals surface area (Å²) in [6.07, 6.45) is 62.3. The fourth-order valence-corrected chi connectivity index (χ4v) is 8.93. The van der Waals surface area contributed by atoms with E-state index >= 15 is 0 Å². The molecule has 0 rings (SSSR count). The van der Waals surface area contributed by atoms with E-state index in [-0.39, 0.29) is 18.5 Å². The average Bonchev–Trinajstić information content (AvgIpc) is 3.28. The average molecular weight is 891 g/mol. The highest BCUT2D eigenvalue weighted by atomic mass is 16.5. The molecule has 0 bridgehead atoms. The third-order valence-corrected chi connectivity index (χ3v) is 13.3. The topological polar surface area (TPSA) is 95.9 Å². The third kappa shape index (κ3) is 49.9. The molecule has 0 heterocycles. The lowest BCUT2D eigenvalue weighted by Crippen LogP contribution is -2.45. The minimum atomic E-state index is -0.843. The fourth-order valence-electron chi connectivity index (χ4n) is 8.93. The zero-order chi connectivity index (χ0) is 45.8. The van der Waals surface area contributed by atoms with Gasteiger partial charge in [0.05, 0.1) is 25.4 Å². The van der Waals surface area contributed by atoms with Crippen LogP contribution in [0, 0.1) is 0 Å². The summed E-state index contributed by atoms with van der Waals surface area (Å²) >= 11 is 0. The van der Waals surface area contributed by atoms with E-state index in [1.807, 2.05) is 6.08 Å². The number of allylic oxidation sites excluding steroid dienone is 1. The van der Waals surface area contributed by atoms with Crippen molar-refractivity contribution in [2.24, 2.45) is 0 Å². The number of esters is 1. The number of carbonyl (C=O) groups excluding carboxylic acids is 2. The van der Waals surface area contributed by atoms with Crippen LogP contribution in [-0.2, 0) is 14.3 Å². The minimum absolute atomic E-state index is 0.0123.